The van der Waals surface area contributed by atoms with Crippen molar-refractivity contribution in [2.24, 2.45) is 11.8 Å². The number of aliphatic carboxylic acids is 1. The summed E-state index contributed by atoms with van der Waals surface area (Å²) in [6.07, 6.45) is 14.2. The summed E-state index contributed by atoms with van der Waals surface area (Å²) >= 11 is 0. The molecule has 0 bridgehead atoms. The largest absolute Gasteiger partial charge is 0.481 e. The van der Waals surface area contributed by atoms with Gasteiger partial charge in [0.05, 0.1) is 6.42 Å². The number of carboxylic acids is 1. The second-order valence-corrected chi connectivity index (χ2v) is 6.75. The molecule has 0 spiro atoms. The molecule has 0 aromatic heterocycles. The molecule has 4 nitrogen and oxygen atoms in total. The van der Waals surface area contributed by atoms with E-state index < -0.39 is 11.6 Å². The van der Waals surface area contributed by atoms with Crippen LogP contribution in [0.25, 0.3) is 0 Å². The molecule has 1 aliphatic heterocycles. The Bertz CT molecular complexity index is 429. The fraction of sp³-hybridized carbons (Fsp3) is 0.750. The maximum absolute atomic E-state index is 11.0. The van der Waals surface area contributed by atoms with Crippen LogP contribution in [0, 0.1) is 11.8 Å². The van der Waals surface area contributed by atoms with Gasteiger partial charge in [-0.25, -0.2) is 9.78 Å². The third-order valence-corrected chi connectivity index (χ3v) is 5.00. The van der Waals surface area contributed by atoms with Crippen molar-refractivity contribution in [2.75, 3.05) is 0 Å². The van der Waals surface area contributed by atoms with Gasteiger partial charge in [0.2, 0.25) is 0 Å². The van der Waals surface area contributed by atoms with E-state index in [0.29, 0.717) is 5.92 Å². The number of carboxylic acid groups (broad SMARTS) is 1. The normalized spacial score (nSPS) is 29.3. The summed E-state index contributed by atoms with van der Waals surface area (Å²) in [5.41, 5.74) is -0.428. The van der Waals surface area contributed by atoms with Gasteiger partial charge in [-0.05, 0) is 43.9 Å². The minimum absolute atomic E-state index is 0.00172. The number of hydrogen-bond donors (Lipinski definition) is 1. The molecule has 0 radical (unpaired) electrons. The fourth-order valence-corrected chi connectivity index (χ4v) is 3.21. The maximum Gasteiger partial charge on any atom is 0.306 e. The zero-order valence-electron chi connectivity index (χ0n) is 15.7. The predicted molar refractivity (Wildman–Crippen MR) is 96.6 cm³/mol. The lowest BCUT2D eigenvalue weighted by atomic mass is 9.81. The van der Waals surface area contributed by atoms with Crippen molar-refractivity contribution in [3.63, 3.8) is 0 Å². The van der Waals surface area contributed by atoms with Gasteiger partial charge in [-0.3, -0.25) is 4.79 Å². The van der Waals surface area contributed by atoms with E-state index in [1.54, 1.807) is 0 Å². The molecule has 0 aliphatic carbocycles. The van der Waals surface area contributed by atoms with Gasteiger partial charge >= 0.3 is 5.97 Å². The average molecular weight is 338 g/mol. The summed E-state index contributed by atoms with van der Waals surface area (Å²) in [5.74, 6) is -0.0714. The first kappa shape index (κ1) is 20.9. The van der Waals surface area contributed by atoms with Crippen molar-refractivity contribution in [3.8, 4) is 0 Å². The molecule has 24 heavy (non-hydrogen) atoms. The van der Waals surface area contributed by atoms with Gasteiger partial charge in [-0.2, -0.15) is 0 Å². The zero-order chi connectivity index (χ0) is 18.0. The first-order valence-corrected chi connectivity index (χ1v) is 9.40. The van der Waals surface area contributed by atoms with Gasteiger partial charge in [0.15, 0.2) is 0 Å². The Balaban J connectivity index is 2.71. The molecule has 0 aromatic carbocycles. The second kappa shape index (κ2) is 10.7. The van der Waals surface area contributed by atoms with Crippen LogP contribution in [-0.2, 0) is 14.6 Å². The van der Waals surface area contributed by atoms with E-state index in [1.807, 2.05) is 0 Å². The highest BCUT2D eigenvalue weighted by Gasteiger charge is 2.41. The SMILES string of the molecule is CC/C=C/[C@@H](CC)C/C=C/[C@@]1(CC)C[C@H](CC)[C@@H](CC(=O)O)OO1. The number of allylic oxidation sites excluding steroid dienone is 3. The molecular weight excluding hydrogens is 304 g/mol. The van der Waals surface area contributed by atoms with Gasteiger partial charge in [0, 0.05) is 0 Å². The Morgan fingerprint density at radius 3 is 2.58 bits per heavy atom. The average Bonchev–Trinajstić information content (AvgIpc) is 2.58. The van der Waals surface area contributed by atoms with Crippen LogP contribution in [0.4, 0.5) is 0 Å². The van der Waals surface area contributed by atoms with Crippen molar-refractivity contribution in [3.05, 3.63) is 24.3 Å². The van der Waals surface area contributed by atoms with Crippen molar-refractivity contribution in [1.82, 2.24) is 0 Å². The predicted octanol–water partition coefficient (Wildman–Crippen LogP) is 5.30. The molecule has 1 rings (SSSR count). The van der Waals surface area contributed by atoms with E-state index in [9.17, 15) is 4.79 Å². The molecular formula is C20H34O4. The Hall–Kier alpha value is -1.13. The third kappa shape index (κ3) is 6.40. The standard InChI is InChI=1S/C20H34O4/c1-5-9-11-16(6-2)12-10-13-20(8-4)15-17(7-3)18(23-24-20)14-19(21)22/h9-11,13,16-18H,5-8,12,14-15H2,1-4H3,(H,21,22)/b11-9+,13-10+/t16-,17+,18-,20+/m1/s1. The molecule has 0 amide bonds. The molecule has 4 atom stereocenters. The van der Waals surface area contributed by atoms with E-state index in [4.69, 9.17) is 14.9 Å². The molecule has 1 aliphatic rings. The second-order valence-electron chi connectivity index (χ2n) is 6.75. The lowest BCUT2D eigenvalue weighted by molar-refractivity contribution is -0.409. The summed E-state index contributed by atoms with van der Waals surface area (Å²) in [6, 6.07) is 0. The first-order valence-electron chi connectivity index (χ1n) is 9.40. The maximum atomic E-state index is 11.0. The lowest BCUT2D eigenvalue weighted by Crippen LogP contribution is -2.44. The Kier molecular flexibility index (Phi) is 9.30. The van der Waals surface area contributed by atoms with Crippen LogP contribution in [0.2, 0.25) is 0 Å². The molecule has 1 heterocycles. The zero-order valence-corrected chi connectivity index (χ0v) is 15.7. The molecule has 1 fully saturated rings. The van der Waals surface area contributed by atoms with E-state index >= 15 is 0 Å². The smallest absolute Gasteiger partial charge is 0.306 e. The van der Waals surface area contributed by atoms with Crippen molar-refractivity contribution >= 4 is 5.97 Å². The van der Waals surface area contributed by atoms with Crippen LogP contribution >= 0.6 is 0 Å². The minimum Gasteiger partial charge on any atom is -0.481 e. The van der Waals surface area contributed by atoms with Crippen LogP contribution in [0.5, 0.6) is 0 Å². The number of hydrogen-bond acceptors (Lipinski definition) is 3. The van der Waals surface area contributed by atoms with Crippen molar-refractivity contribution in [2.45, 2.75) is 84.3 Å². The van der Waals surface area contributed by atoms with Crippen LogP contribution in [0.15, 0.2) is 24.3 Å². The fourth-order valence-electron chi connectivity index (χ4n) is 3.21. The summed E-state index contributed by atoms with van der Waals surface area (Å²) < 4.78 is 0. The van der Waals surface area contributed by atoms with Gasteiger partial charge in [0.25, 0.3) is 0 Å². The highest BCUT2D eigenvalue weighted by molar-refractivity contribution is 5.67. The topological polar surface area (TPSA) is 55.8 Å². The van der Waals surface area contributed by atoms with E-state index in [0.717, 1.165) is 38.5 Å². The van der Waals surface area contributed by atoms with Gasteiger partial charge in [-0.15, -0.1) is 0 Å². The highest BCUT2D eigenvalue weighted by Crippen LogP contribution is 2.38. The molecule has 1 N–H and O–H groups in total. The summed E-state index contributed by atoms with van der Waals surface area (Å²) in [6.45, 7) is 8.53. The third-order valence-electron chi connectivity index (χ3n) is 5.00. The Labute approximate surface area is 146 Å². The van der Waals surface area contributed by atoms with E-state index in [-0.39, 0.29) is 18.4 Å². The summed E-state index contributed by atoms with van der Waals surface area (Å²) in [5, 5.41) is 9.01. The summed E-state index contributed by atoms with van der Waals surface area (Å²) in [7, 11) is 0. The first-order chi connectivity index (χ1) is 11.5. The van der Waals surface area contributed by atoms with Crippen molar-refractivity contribution < 1.29 is 19.7 Å². The molecule has 0 unspecified atom stereocenters. The Morgan fingerprint density at radius 2 is 2.04 bits per heavy atom. The van der Waals surface area contributed by atoms with Crippen molar-refractivity contribution in [1.29, 1.82) is 0 Å². The van der Waals surface area contributed by atoms with E-state index in [2.05, 4.69) is 52.0 Å². The molecule has 0 saturated carbocycles. The Morgan fingerprint density at radius 1 is 1.29 bits per heavy atom. The van der Waals surface area contributed by atoms with E-state index in [1.165, 1.54) is 0 Å². The highest BCUT2D eigenvalue weighted by atomic mass is 17.2. The van der Waals surface area contributed by atoms with Crippen LogP contribution in [0.1, 0.15) is 72.6 Å². The molecule has 4 heteroatoms. The lowest BCUT2D eigenvalue weighted by Gasteiger charge is -2.40. The van der Waals surface area contributed by atoms with Gasteiger partial charge in [-0.1, -0.05) is 58.4 Å². The molecule has 1 saturated heterocycles. The minimum atomic E-state index is -0.838. The van der Waals surface area contributed by atoms with Gasteiger partial charge < -0.3 is 5.11 Å². The van der Waals surface area contributed by atoms with Crippen LogP contribution in [-0.4, -0.2) is 22.8 Å². The quantitative estimate of drug-likeness (QED) is 0.434. The number of carbonyl (C=O) groups is 1. The van der Waals surface area contributed by atoms with Crippen LogP contribution < -0.4 is 0 Å². The monoisotopic (exact) mass is 338 g/mol. The van der Waals surface area contributed by atoms with Gasteiger partial charge in [0.1, 0.15) is 11.7 Å². The van der Waals surface area contributed by atoms with Crippen LogP contribution in [0.3, 0.4) is 0 Å². The molecule has 138 valence electrons. The molecule has 0 aromatic rings. The number of rotatable bonds is 10. The summed E-state index contributed by atoms with van der Waals surface area (Å²) in [4.78, 5) is 22.2.